The zero-order chi connectivity index (χ0) is 9.97. The van der Waals surface area contributed by atoms with E-state index in [1.807, 2.05) is 30.3 Å². The second kappa shape index (κ2) is 3.59. The molecule has 0 aliphatic heterocycles. The molecule has 2 rings (SSSR count). The van der Waals surface area contributed by atoms with Crippen LogP contribution in [0.3, 0.4) is 0 Å². The maximum Gasteiger partial charge on any atom is 0.184 e. The van der Waals surface area contributed by atoms with Crippen LogP contribution in [0.2, 0.25) is 0 Å². The van der Waals surface area contributed by atoms with Crippen LogP contribution in [0.4, 0.5) is 10.7 Å². The lowest BCUT2D eigenvalue weighted by Gasteiger charge is -1.93. The molecule has 0 amide bonds. The summed E-state index contributed by atoms with van der Waals surface area (Å²) in [5, 5.41) is 3.21. The molecule has 0 atom stereocenters. The summed E-state index contributed by atoms with van der Waals surface area (Å²) in [6, 6.07) is 11.5. The summed E-state index contributed by atoms with van der Waals surface area (Å²) in [5.41, 5.74) is 7.11. The molecule has 2 aromatic rings. The minimum absolute atomic E-state index is 0.351. The van der Waals surface area contributed by atoms with E-state index in [0.29, 0.717) is 10.7 Å². The van der Waals surface area contributed by atoms with Crippen molar-refractivity contribution in [2.45, 2.75) is 0 Å². The van der Waals surface area contributed by atoms with Gasteiger partial charge in [0.05, 0.1) is 5.69 Å². The summed E-state index contributed by atoms with van der Waals surface area (Å²) in [6.45, 7) is 0. The van der Waals surface area contributed by atoms with Crippen LogP contribution in [-0.4, -0.2) is 0 Å². The van der Waals surface area contributed by atoms with Crippen LogP contribution in [0.25, 0.3) is 10.4 Å². The Hall–Kier alpha value is -1.68. The number of nitrogens with two attached hydrogens (primary N) is 1. The smallest absolute Gasteiger partial charge is 0.184 e. The number of nitroso groups, excluding NO2 is 1. The van der Waals surface area contributed by atoms with Crippen LogP contribution in [0.1, 0.15) is 0 Å². The summed E-state index contributed by atoms with van der Waals surface area (Å²) < 4.78 is 0. The van der Waals surface area contributed by atoms with E-state index in [0.717, 1.165) is 10.4 Å². The quantitative estimate of drug-likeness (QED) is 0.762. The molecule has 70 valence electrons. The van der Waals surface area contributed by atoms with E-state index in [-0.39, 0.29) is 0 Å². The van der Waals surface area contributed by atoms with Gasteiger partial charge in [0.2, 0.25) is 0 Å². The first-order valence-electron chi connectivity index (χ1n) is 4.09. The summed E-state index contributed by atoms with van der Waals surface area (Å²) >= 11 is 1.31. The molecule has 0 aliphatic carbocycles. The highest BCUT2D eigenvalue weighted by atomic mass is 32.1. The second-order valence-corrected chi connectivity index (χ2v) is 3.86. The van der Waals surface area contributed by atoms with Crippen molar-refractivity contribution in [1.29, 1.82) is 0 Å². The van der Waals surface area contributed by atoms with Crippen LogP contribution < -0.4 is 5.73 Å². The third-order valence-electron chi connectivity index (χ3n) is 1.88. The van der Waals surface area contributed by atoms with Gasteiger partial charge in [-0.1, -0.05) is 30.3 Å². The molecule has 0 aliphatic rings. The Balaban J connectivity index is 2.48. The Morgan fingerprint density at radius 3 is 2.50 bits per heavy atom. The summed E-state index contributed by atoms with van der Waals surface area (Å²) in [6.07, 6.45) is 0. The van der Waals surface area contributed by atoms with E-state index in [9.17, 15) is 4.91 Å². The van der Waals surface area contributed by atoms with Crippen molar-refractivity contribution >= 4 is 22.0 Å². The molecule has 0 spiro atoms. The van der Waals surface area contributed by atoms with E-state index in [1.54, 1.807) is 6.07 Å². The van der Waals surface area contributed by atoms with Gasteiger partial charge in [-0.3, -0.25) is 0 Å². The first-order chi connectivity index (χ1) is 6.81. The minimum Gasteiger partial charge on any atom is -0.396 e. The highest BCUT2D eigenvalue weighted by Crippen LogP contribution is 2.38. The molecular weight excluding hydrogens is 196 g/mol. The van der Waals surface area contributed by atoms with Crippen molar-refractivity contribution in [2.75, 3.05) is 5.73 Å². The summed E-state index contributed by atoms with van der Waals surface area (Å²) in [4.78, 5) is 11.3. The number of anilines is 1. The third kappa shape index (κ3) is 1.52. The molecule has 1 aromatic heterocycles. The van der Waals surface area contributed by atoms with Gasteiger partial charge in [0.25, 0.3) is 0 Å². The van der Waals surface area contributed by atoms with Crippen LogP contribution in [0.15, 0.2) is 41.6 Å². The third-order valence-corrected chi connectivity index (χ3v) is 2.96. The van der Waals surface area contributed by atoms with E-state index in [4.69, 9.17) is 5.73 Å². The lowest BCUT2D eigenvalue weighted by molar-refractivity contribution is 1.59. The largest absolute Gasteiger partial charge is 0.396 e. The van der Waals surface area contributed by atoms with Gasteiger partial charge >= 0.3 is 0 Å². The molecule has 0 saturated heterocycles. The van der Waals surface area contributed by atoms with Crippen molar-refractivity contribution < 1.29 is 0 Å². The number of hydrogen-bond donors (Lipinski definition) is 1. The Morgan fingerprint density at radius 2 is 1.93 bits per heavy atom. The van der Waals surface area contributed by atoms with Gasteiger partial charge in [-0.25, -0.2) is 0 Å². The summed E-state index contributed by atoms with van der Waals surface area (Å²) in [5.74, 6) is 0. The van der Waals surface area contributed by atoms with E-state index < -0.39 is 0 Å². The molecule has 0 radical (unpaired) electrons. The average Bonchev–Trinajstić information content (AvgIpc) is 2.61. The maximum atomic E-state index is 10.4. The van der Waals surface area contributed by atoms with Gasteiger partial charge in [-0.2, -0.15) is 0 Å². The van der Waals surface area contributed by atoms with Crippen LogP contribution in [-0.2, 0) is 0 Å². The zero-order valence-electron chi connectivity index (χ0n) is 7.31. The first-order valence-corrected chi connectivity index (χ1v) is 4.91. The van der Waals surface area contributed by atoms with Crippen LogP contribution >= 0.6 is 11.3 Å². The number of thiophene rings is 1. The van der Waals surface area contributed by atoms with Gasteiger partial charge in [-0.05, 0) is 16.8 Å². The van der Waals surface area contributed by atoms with E-state index in [1.165, 1.54) is 11.3 Å². The Labute approximate surface area is 85.2 Å². The standard InChI is InChI=1S/C10H8N2OS/c11-8-6-9(14-10(8)12-13)7-4-2-1-3-5-7/h1-6H,11H2. The predicted molar refractivity (Wildman–Crippen MR) is 59.6 cm³/mol. The molecule has 14 heavy (non-hydrogen) atoms. The Bertz CT molecular complexity index is 450. The maximum absolute atomic E-state index is 10.4. The van der Waals surface area contributed by atoms with Crippen molar-refractivity contribution in [3.05, 3.63) is 41.3 Å². The second-order valence-electron chi connectivity index (χ2n) is 2.83. The number of nitrogen functional groups attached to an aromatic ring is 1. The van der Waals surface area contributed by atoms with Gasteiger partial charge in [0, 0.05) is 4.88 Å². The van der Waals surface area contributed by atoms with E-state index in [2.05, 4.69) is 5.18 Å². The number of benzene rings is 1. The van der Waals surface area contributed by atoms with Crippen molar-refractivity contribution in [1.82, 2.24) is 0 Å². The highest BCUT2D eigenvalue weighted by molar-refractivity contribution is 7.19. The lowest BCUT2D eigenvalue weighted by Crippen LogP contribution is -1.78. The average molecular weight is 204 g/mol. The van der Waals surface area contributed by atoms with Gasteiger partial charge in [0.1, 0.15) is 0 Å². The monoisotopic (exact) mass is 204 g/mol. The topological polar surface area (TPSA) is 55.4 Å². The molecule has 3 nitrogen and oxygen atoms in total. The molecule has 4 heteroatoms. The minimum atomic E-state index is 0.351. The molecular formula is C10H8N2OS. The molecule has 1 aromatic carbocycles. The lowest BCUT2D eigenvalue weighted by atomic mass is 10.2. The van der Waals surface area contributed by atoms with E-state index >= 15 is 0 Å². The molecule has 0 fully saturated rings. The highest BCUT2D eigenvalue weighted by Gasteiger charge is 2.07. The van der Waals surface area contributed by atoms with Crippen LogP contribution in [0, 0.1) is 4.91 Å². The molecule has 1 heterocycles. The number of nitrogens with zero attached hydrogens (tertiary/aromatic N) is 1. The molecule has 2 N–H and O–H groups in total. The fraction of sp³-hybridized carbons (Fsp3) is 0. The molecule has 0 bridgehead atoms. The normalized spacial score (nSPS) is 10.0. The Morgan fingerprint density at radius 1 is 1.21 bits per heavy atom. The number of hydrogen-bond acceptors (Lipinski definition) is 4. The fourth-order valence-corrected chi connectivity index (χ4v) is 2.07. The van der Waals surface area contributed by atoms with Crippen molar-refractivity contribution in [3.8, 4) is 10.4 Å². The fourth-order valence-electron chi connectivity index (χ4n) is 1.21. The predicted octanol–water partition coefficient (Wildman–Crippen LogP) is 3.40. The molecule has 0 saturated carbocycles. The van der Waals surface area contributed by atoms with Crippen molar-refractivity contribution in [3.63, 3.8) is 0 Å². The SMILES string of the molecule is Nc1cc(-c2ccccc2)sc1N=O. The van der Waals surface area contributed by atoms with Crippen molar-refractivity contribution in [2.24, 2.45) is 5.18 Å². The van der Waals surface area contributed by atoms with Gasteiger partial charge in [0.15, 0.2) is 5.00 Å². The zero-order valence-corrected chi connectivity index (χ0v) is 8.12. The number of rotatable bonds is 2. The van der Waals surface area contributed by atoms with Gasteiger partial charge in [-0.15, -0.1) is 16.2 Å². The molecule has 0 unspecified atom stereocenters. The first kappa shape index (κ1) is 8.90. The Kier molecular flexibility index (Phi) is 2.28. The van der Waals surface area contributed by atoms with Crippen LogP contribution in [0.5, 0.6) is 0 Å². The van der Waals surface area contributed by atoms with Gasteiger partial charge < -0.3 is 5.73 Å². The summed E-state index contributed by atoms with van der Waals surface area (Å²) in [7, 11) is 0.